The van der Waals surface area contributed by atoms with E-state index < -0.39 is 11.0 Å². The molecule has 36 heavy (non-hydrogen) atoms. The fourth-order valence-electron chi connectivity index (χ4n) is 4.66. The van der Waals surface area contributed by atoms with Crippen LogP contribution in [0, 0.1) is 12.7 Å². The summed E-state index contributed by atoms with van der Waals surface area (Å²) in [7, 11) is 1.77. The van der Waals surface area contributed by atoms with Crippen molar-refractivity contribution in [1.82, 2.24) is 9.80 Å². The predicted octanol–water partition coefficient (Wildman–Crippen LogP) is 7.32. The molecule has 1 heterocycles. The number of nitrogens with zero attached hydrogens (tertiary/aromatic N) is 2. The summed E-state index contributed by atoms with van der Waals surface area (Å²) in [6, 6.07) is 10.1. The molecule has 2 amide bonds. The highest BCUT2D eigenvalue weighted by molar-refractivity contribution is 6.34. The summed E-state index contributed by atoms with van der Waals surface area (Å²) >= 11 is 12.4. The SMILES string of the molecule is Cc1cc(C2(CC(=O)N(C)C(C)c3cc(Cl)cc(Cl)c3)CCN(C(=O)OC(C)(C)C)CC2)ccc1F. The number of rotatable bonds is 5. The van der Waals surface area contributed by atoms with Gasteiger partial charge in [-0.2, -0.15) is 0 Å². The largest absolute Gasteiger partial charge is 0.444 e. The van der Waals surface area contributed by atoms with Gasteiger partial charge >= 0.3 is 6.09 Å². The zero-order valence-electron chi connectivity index (χ0n) is 21.8. The van der Waals surface area contributed by atoms with Crippen molar-refractivity contribution in [2.45, 2.75) is 70.9 Å². The minimum Gasteiger partial charge on any atom is -0.444 e. The van der Waals surface area contributed by atoms with E-state index in [4.69, 9.17) is 27.9 Å². The standard InChI is InChI=1S/C28H35Cl2FN2O3/c1-18-13-21(7-8-24(18)31)28(9-11-33(12-10-28)26(35)36-27(3,4)5)17-25(34)32(6)19(2)20-14-22(29)16-23(30)15-20/h7-8,13-16,19H,9-12,17H2,1-6H3. The van der Waals surface area contributed by atoms with E-state index in [0.717, 1.165) is 11.1 Å². The Kier molecular flexibility index (Phi) is 8.62. The molecule has 0 N–H and O–H groups in total. The zero-order chi connectivity index (χ0) is 26.8. The van der Waals surface area contributed by atoms with Gasteiger partial charge in [0.1, 0.15) is 11.4 Å². The van der Waals surface area contributed by atoms with Gasteiger partial charge < -0.3 is 14.5 Å². The number of amides is 2. The summed E-state index contributed by atoms with van der Waals surface area (Å²) in [5.74, 6) is -0.332. The van der Waals surface area contributed by atoms with Gasteiger partial charge in [0.25, 0.3) is 0 Å². The van der Waals surface area contributed by atoms with E-state index in [9.17, 15) is 14.0 Å². The van der Waals surface area contributed by atoms with Gasteiger partial charge in [0.05, 0.1) is 6.04 Å². The van der Waals surface area contributed by atoms with Crippen molar-refractivity contribution in [2.24, 2.45) is 0 Å². The molecule has 1 aliphatic heterocycles. The smallest absolute Gasteiger partial charge is 0.410 e. The van der Waals surface area contributed by atoms with Crippen LogP contribution in [-0.2, 0) is 14.9 Å². The third kappa shape index (κ3) is 6.71. The van der Waals surface area contributed by atoms with E-state index in [-0.39, 0.29) is 30.3 Å². The quantitative estimate of drug-likeness (QED) is 0.402. The first-order chi connectivity index (χ1) is 16.7. The molecule has 0 saturated carbocycles. The van der Waals surface area contributed by atoms with Crippen LogP contribution in [0.15, 0.2) is 36.4 Å². The Labute approximate surface area is 223 Å². The normalized spacial score (nSPS) is 16.4. The van der Waals surface area contributed by atoms with Crippen LogP contribution in [0.25, 0.3) is 0 Å². The maximum Gasteiger partial charge on any atom is 0.410 e. The predicted molar refractivity (Wildman–Crippen MR) is 142 cm³/mol. The molecule has 2 aromatic carbocycles. The second kappa shape index (κ2) is 11.0. The molecule has 0 radical (unpaired) electrons. The van der Waals surface area contributed by atoms with Crippen molar-refractivity contribution in [2.75, 3.05) is 20.1 Å². The Morgan fingerprint density at radius 2 is 1.69 bits per heavy atom. The summed E-state index contributed by atoms with van der Waals surface area (Å²) in [6.45, 7) is 10.1. The van der Waals surface area contributed by atoms with Crippen molar-refractivity contribution in [3.05, 3.63) is 69.0 Å². The van der Waals surface area contributed by atoms with Crippen molar-refractivity contribution in [1.29, 1.82) is 0 Å². The topological polar surface area (TPSA) is 49.9 Å². The Hall–Kier alpha value is -2.31. The average molecular weight is 538 g/mol. The van der Waals surface area contributed by atoms with Crippen LogP contribution in [0.1, 0.15) is 69.7 Å². The number of piperidine rings is 1. The third-order valence-electron chi connectivity index (χ3n) is 6.97. The lowest BCUT2D eigenvalue weighted by molar-refractivity contribution is -0.133. The highest BCUT2D eigenvalue weighted by atomic mass is 35.5. The van der Waals surface area contributed by atoms with Crippen LogP contribution in [0.4, 0.5) is 9.18 Å². The van der Waals surface area contributed by atoms with E-state index >= 15 is 0 Å². The van der Waals surface area contributed by atoms with Gasteiger partial charge in [-0.1, -0.05) is 35.3 Å². The zero-order valence-corrected chi connectivity index (χ0v) is 23.3. The van der Waals surface area contributed by atoms with Gasteiger partial charge in [-0.05, 0) is 88.4 Å². The summed E-state index contributed by atoms with van der Waals surface area (Å²) in [6.07, 6.45) is 0.999. The first-order valence-electron chi connectivity index (χ1n) is 12.2. The van der Waals surface area contributed by atoms with Crippen molar-refractivity contribution >= 4 is 35.2 Å². The number of ether oxygens (including phenoxy) is 1. The molecule has 196 valence electrons. The molecule has 3 rings (SSSR count). The first kappa shape index (κ1) is 28.3. The van der Waals surface area contributed by atoms with E-state index in [0.29, 0.717) is 41.5 Å². The third-order valence-corrected chi connectivity index (χ3v) is 7.41. The number of hydrogen-bond acceptors (Lipinski definition) is 3. The molecule has 8 heteroatoms. The molecule has 1 unspecified atom stereocenters. The molecule has 2 aromatic rings. The van der Waals surface area contributed by atoms with Gasteiger partial charge in [0, 0.05) is 42.0 Å². The second-order valence-corrected chi connectivity index (χ2v) is 11.6. The summed E-state index contributed by atoms with van der Waals surface area (Å²) in [5.41, 5.74) is 1.16. The molecule has 1 atom stereocenters. The number of likely N-dealkylation sites (tertiary alicyclic amines) is 1. The molecule has 0 aliphatic carbocycles. The van der Waals surface area contributed by atoms with Crippen LogP contribution in [0.5, 0.6) is 0 Å². The molecule has 0 spiro atoms. The van der Waals surface area contributed by atoms with Gasteiger partial charge in [-0.15, -0.1) is 0 Å². The van der Waals surface area contributed by atoms with Gasteiger partial charge in [0.2, 0.25) is 5.91 Å². The Balaban J connectivity index is 1.85. The molecule has 1 fully saturated rings. The van der Waals surface area contributed by atoms with E-state index in [2.05, 4.69) is 0 Å². The second-order valence-electron chi connectivity index (χ2n) is 10.8. The van der Waals surface area contributed by atoms with Crippen LogP contribution in [0.3, 0.4) is 0 Å². The van der Waals surface area contributed by atoms with E-state index in [1.807, 2.05) is 33.8 Å². The van der Waals surface area contributed by atoms with Crippen LogP contribution < -0.4 is 0 Å². The fraction of sp³-hybridized carbons (Fsp3) is 0.500. The average Bonchev–Trinajstić information content (AvgIpc) is 2.78. The number of hydrogen-bond donors (Lipinski definition) is 0. The summed E-state index contributed by atoms with van der Waals surface area (Å²) < 4.78 is 19.6. The molecule has 1 aliphatic rings. The van der Waals surface area contributed by atoms with Crippen molar-refractivity contribution in [3.8, 4) is 0 Å². The lowest BCUT2D eigenvalue weighted by Crippen LogP contribution is -2.48. The molecule has 1 saturated heterocycles. The molecular weight excluding hydrogens is 502 g/mol. The fourth-order valence-corrected chi connectivity index (χ4v) is 5.20. The van der Waals surface area contributed by atoms with E-state index in [1.54, 1.807) is 48.0 Å². The Morgan fingerprint density at radius 3 is 2.22 bits per heavy atom. The van der Waals surface area contributed by atoms with Gasteiger partial charge in [-0.3, -0.25) is 4.79 Å². The van der Waals surface area contributed by atoms with E-state index in [1.165, 1.54) is 6.07 Å². The Morgan fingerprint density at radius 1 is 1.11 bits per heavy atom. The molecular formula is C28H35Cl2FN2O3. The maximum absolute atomic E-state index is 14.1. The maximum atomic E-state index is 14.1. The van der Waals surface area contributed by atoms with Crippen LogP contribution in [0.2, 0.25) is 10.0 Å². The molecule has 5 nitrogen and oxygen atoms in total. The number of carbonyl (C=O) groups is 2. The minimum absolute atomic E-state index is 0.0497. The molecule has 0 aromatic heterocycles. The monoisotopic (exact) mass is 536 g/mol. The first-order valence-corrected chi connectivity index (χ1v) is 12.9. The lowest BCUT2D eigenvalue weighted by atomic mass is 9.70. The highest BCUT2D eigenvalue weighted by Crippen LogP contribution is 2.41. The Bertz CT molecular complexity index is 1100. The number of carbonyl (C=O) groups excluding carboxylic acids is 2. The van der Waals surface area contributed by atoms with Crippen LogP contribution in [-0.4, -0.2) is 47.5 Å². The minimum atomic E-state index is -0.586. The molecule has 0 bridgehead atoms. The summed E-state index contributed by atoms with van der Waals surface area (Å²) in [5, 5.41) is 1.02. The van der Waals surface area contributed by atoms with Crippen LogP contribution >= 0.6 is 23.2 Å². The number of benzene rings is 2. The number of aryl methyl sites for hydroxylation is 1. The summed E-state index contributed by atoms with van der Waals surface area (Å²) in [4.78, 5) is 29.6. The van der Waals surface area contributed by atoms with Crippen molar-refractivity contribution in [3.63, 3.8) is 0 Å². The lowest BCUT2D eigenvalue weighted by Gasteiger charge is -2.43. The highest BCUT2D eigenvalue weighted by Gasteiger charge is 2.41. The number of halogens is 3. The van der Waals surface area contributed by atoms with Gasteiger partial charge in [-0.25, -0.2) is 9.18 Å². The van der Waals surface area contributed by atoms with Gasteiger partial charge in [0.15, 0.2) is 0 Å². The van der Waals surface area contributed by atoms with Crippen molar-refractivity contribution < 1.29 is 18.7 Å².